The monoisotopic (exact) mass is 347 g/mol. The quantitative estimate of drug-likeness (QED) is 0.319. The smallest absolute Gasteiger partial charge is 0.317 e. The molecule has 0 aromatic carbocycles. The molecule has 0 aromatic heterocycles. The van der Waals surface area contributed by atoms with Gasteiger partial charge in [-0.15, -0.1) is 0 Å². The number of likely N-dealkylation sites (N-methyl/N-ethyl adjacent to an activating group) is 1. The van der Waals surface area contributed by atoms with Crippen LogP contribution in [0.25, 0.3) is 0 Å². The molecule has 0 spiro atoms. The second-order valence-electron chi connectivity index (χ2n) is 5.44. The minimum atomic E-state index is -0.804. The summed E-state index contributed by atoms with van der Waals surface area (Å²) >= 11 is 1.87. The lowest BCUT2D eigenvalue weighted by Gasteiger charge is -2.16. The normalized spacial score (nSPS) is 24.9. The number of hydrogen-bond acceptors (Lipinski definition) is 5. The molecule has 2 rings (SSSR count). The zero-order valence-corrected chi connectivity index (χ0v) is 14.0. The highest BCUT2D eigenvalue weighted by Gasteiger charge is 2.42. The maximum Gasteiger partial charge on any atom is 0.317 e. The van der Waals surface area contributed by atoms with Gasteiger partial charge in [-0.05, 0) is 19.4 Å². The average Bonchev–Trinajstić information content (AvgIpc) is 3.01. The van der Waals surface area contributed by atoms with Crippen LogP contribution in [-0.4, -0.2) is 64.4 Å². The predicted octanol–water partition coefficient (Wildman–Crippen LogP) is 0.477. The molecule has 2 aliphatic heterocycles. The molecule has 0 bridgehead atoms. The van der Waals surface area contributed by atoms with Gasteiger partial charge < -0.3 is 26.2 Å². The van der Waals surface area contributed by atoms with Gasteiger partial charge in [-0.1, -0.05) is 13.3 Å². The number of urea groups is 1. The summed E-state index contributed by atoms with van der Waals surface area (Å²) in [6, 6.07) is 0.440. The Morgan fingerprint density at radius 2 is 2.00 bits per heavy atom. The van der Waals surface area contributed by atoms with Crippen molar-refractivity contribution < 1.29 is 24.6 Å². The third kappa shape index (κ3) is 7.56. The molecule has 2 fully saturated rings. The number of thioether (sulfide) groups is 1. The second-order valence-corrected chi connectivity index (χ2v) is 6.71. The maximum absolute atomic E-state index is 11.1. The molecule has 0 saturated carbocycles. The Labute approximate surface area is 139 Å². The van der Waals surface area contributed by atoms with E-state index in [2.05, 4.69) is 16.0 Å². The molecule has 23 heavy (non-hydrogen) atoms. The van der Waals surface area contributed by atoms with Crippen LogP contribution in [0.4, 0.5) is 4.79 Å². The minimum Gasteiger partial charge on any atom is -0.481 e. The number of carbonyl (C=O) groups is 3. The van der Waals surface area contributed by atoms with E-state index in [-0.39, 0.29) is 31.1 Å². The Balaban J connectivity index is 0.000000322. The number of unbranched alkanes of at least 4 members (excludes halogenated alkanes) is 1. The van der Waals surface area contributed by atoms with E-state index in [1.807, 2.05) is 18.7 Å². The van der Waals surface area contributed by atoms with E-state index in [0.717, 1.165) is 25.0 Å². The molecule has 2 saturated heterocycles. The summed E-state index contributed by atoms with van der Waals surface area (Å²) in [7, 11) is 0. The van der Waals surface area contributed by atoms with Gasteiger partial charge in [0.25, 0.3) is 0 Å². The molecular formula is C14H25N3O5S. The van der Waals surface area contributed by atoms with E-state index in [9.17, 15) is 14.4 Å². The van der Waals surface area contributed by atoms with Crippen LogP contribution in [0, 0.1) is 0 Å². The van der Waals surface area contributed by atoms with E-state index in [0.29, 0.717) is 11.8 Å². The van der Waals surface area contributed by atoms with Gasteiger partial charge in [-0.3, -0.25) is 9.59 Å². The fourth-order valence-electron chi connectivity index (χ4n) is 2.50. The van der Waals surface area contributed by atoms with Gasteiger partial charge in [-0.25, -0.2) is 4.79 Å². The van der Waals surface area contributed by atoms with Crippen molar-refractivity contribution >= 4 is 29.7 Å². The second kappa shape index (κ2) is 10.3. The Bertz CT molecular complexity index is 421. The van der Waals surface area contributed by atoms with Crippen molar-refractivity contribution in [2.45, 2.75) is 49.9 Å². The zero-order valence-electron chi connectivity index (χ0n) is 13.2. The summed E-state index contributed by atoms with van der Waals surface area (Å²) in [6.07, 6.45) is 2.88. The molecule has 2 heterocycles. The molecule has 2 amide bonds. The van der Waals surface area contributed by atoms with Gasteiger partial charge in [0.1, 0.15) is 0 Å². The number of hydrogen-bond donors (Lipinski definition) is 5. The molecule has 2 aliphatic rings. The van der Waals surface area contributed by atoms with Gasteiger partial charge in [0.05, 0.1) is 18.6 Å². The van der Waals surface area contributed by atoms with Crippen LogP contribution in [0.15, 0.2) is 0 Å². The summed E-state index contributed by atoms with van der Waals surface area (Å²) in [5.74, 6) is -0.567. The Morgan fingerprint density at radius 3 is 2.57 bits per heavy atom. The first kappa shape index (κ1) is 19.6. The van der Waals surface area contributed by atoms with E-state index < -0.39 is 11.9 Å². The molecule has 132 valence electrons. The highest BCUT2D eigenvalue weighted by molar-refractivity contribution is 8.00. The molecule has 3 atom stereocenters. The zero-order chi connectivity index (χ0) is 17.2. The van der Waals surface area contributed by atoms with E-state index in [4.69, 9.17) is 10.2 Å². The lowest BCUT2D eigenvalue weighted by molar-refractivity contribution is -0.137. The van der Waals surface area contributed by atoms with Crippen LogP contribution < -0.4 is 16.0 Å². The number of amides is 2. The first-order valence-electron chi connectivity index (χ1n) is 7.77. The van der Waals surface area contributed by atoms with Crippen molar-refractivity contribution in [1.82, 2.24) is 16.0 Å². The van der Waals surface area contributed by atoms with Crippen LogP contribution in [-0.2, 0) is 9.59 Å². The summed E-state index contributed by atoms with van der Waals surface area (Å²) < 4.78 is 0. The topological polar surface area (TPSA) is 128 Å². The highest BCUT2D eigenvalue weighted by Crippen LogP contribution is 2.33. The molecule has 0 unspecified atom stereocenters. The van der Waals surface area contributed by atoms with Crippen LogP contribution in [0.5, 0.6) is 0 Å². The highest BCUT2D eigenvalue weighted by atomic mass is 32.2. The Kier molecular flexibility index (Phi) is 8.78. The van der Waals surface area contributed by atoms with Crippen molar-refractivity contribution in [2.75, 3.05) is 18.8 Å². The summed E-state index contributed by atoms with van der Waals surface area (Å²) in [5, 5.41) is 25.4. The molecule has 5 N–H and O–H groups in total. The number of rotatable bonds is 8. The third-order valence-corrected chi connectivity index (χ3v) is 5.10. The van der Waals surface area contributed by atoms with Crippen molar-refractivity contribution in [2.24, 2.45) is 0 Å². The Morgan fingerprint density at radius 1 is 1.26 bits per heavy atom. The first-order chi connectivity index (χ1) is 10.9. The fraction of sp³-hybridized carbons (Fsp3) is 0.786. The molecule has 9 heteroatoms. The number of nitrogens with one attached hydrogen (secondary N) is 3. The predicted molar refractivity (Wildman–Crippen MR) is 87.8 cm³/mol. The average molecular weight is 347 g/mol. The van der Waals surface area contributed by atoms with Gasteiger partial charge in [-0.2, -0.15) is 11.8 Å². The largest absolute Gasteiger partial charge is 0.481 e. The Hall–Kier alpha value is -1.48. The van der Waals surface area contributed by atoms with Crippen molar-refractivity contribution in [1.29, 1.82) is 0 Å². The van der Waals surface area contributed by atoms with Crippen molar-refractivity contribution in [3.05, 3.63) is 0 Å². The molecular weight excluding hydrogens is 322 g/mol. The van der Waals surface area contributed by atoms with Crippen molar-refractivity contribution in [3.63, 3.8) is 0 Å². The van der Waals surface area contributed by atoms with Crippen LogP contribution in [0.1, 0.15) is 32.6 Å². The lowest BCUT2D eigenvalue weighted by atomic mass is 10.0. The number of aliphatic carboxylic acids is 2. The number of fused-ring (bicyclic) bond motifs is 1. The van der Waals surface area contributed by atoms with Gasteiger partial charge in [0.2, 0.25) is 0 Å². The van der Waals surface area contributed by atoms with Crippen molar-refractivity contribution in [3.8, 4) is 0 Å². The summed E-state index contributed by atoms with van der Waals surface area (Å²) in [5.41, 5.74) is 0. The number of carboxylic acids is 2. The molecule has 0 aromatic rings. The summed E-state index contributed by atoms with van der Waals surface area (Å²) in [4.78, 5) is 31.2. The molecule has 8 nitrogen and oxygen atoms in total. The van der Waals surface area contributed by atoms with Gasteiger partial charge in [0.15, 0.2) is 0 Å². The fourth-order valence-corrected chi connectivity index (χ4v) is 4.04. The number of carbonyl (C=O) groups excluding carboxylic acids is 1. The first-order valence-corrected chi connectivity index (χ1v) is 8.81. The lowest BCUT2D eigenvalue weighted by Crippen LogP contribution is -2.36. The van der Waals surface area contributed by atoms with Crippen LogP contribution in [0.3, 0.4) is 0 Å². The van der Waals surface area contributed by atoms with Crippen LogP contribution >= 0.6 is 11.8 Å². The summed E-state index contributed by atoms with van der Waals surface area (Å²) in [6.45, 7) is 2.64. The van der Waals surface area contributed by atoms with Gasteiger partial charge in [0, 0.05) is 17.4 Å². The van der Waals surface area contributed by atoms with Crippen LogP contribution in [0.2, 0.25) is 0 Å². The van der Waals surface area contributed by atoms with Gasteiger partial charge >= 0.3 is 18.0 Å². The van der Waals surface area contributed by atoms with E-state index >= 15 is 0 Å². The third-order valence-electron chi connectivity index (χ3n) is 3.59. The number of carboxylic acid groups (broad SMARTS) is 2. The molecule has 0 aliphatic carbocycles. The van der Waals surface area contributed by atoms with E-state index in [1.54, 1.807) is 0 Å². The van der Waals surface area contributed by atoms with E-state index in [1.165, 1.54) is 0 Å². The minimum absolute atomic E-state index is 0.0640. The SMILES string of the molecule is CCNCC(=O)O.O=C(O)CCCC[C@@H]1SC[C@@H]2NC(=O)N[C@@H]21. The molecule has 0 radical (unpaired) electrons. The maximum atomic E-state index is 11.1. The standard InChI is InChI=1S/C10H16N2O3S.C4H9NO2/c13-8(14)4-2-1-3-7-9-6(5-16-7)11-10(15)12-9;1-2-5-3-4(6)7/h6-7,9H,1-5H2,(H,13,14)(H2,11,12,15);5H,2-3H2,1H3,(H,6,7)/t6-,7-,9-;/m0./s1.